The van der Waals surface area contributed by atoms with Gasteiger partial charge < -0.3 is 9.63 Å². The van der Waals surface area contributed by atoms with Crippen molar-refractivity contribution in [2.45, 2.75) is 19.4 Å². The Kier molecular flexibility index (Phi) is 4.24. The van der Waals surface area contributed by atoms with Crippen LogP contribution in [0, 0.1) is 12.8 Å². The van der Waals surface area contributed by atoms with E-state index in [9.17, 15) is 5.11 Å². The van der Waals surface area contributed by atoms with Crippen molar-refractivity contribution in [3.63, 3.8) is 0 Å². The fraction of sp³-hybridized carbons (Fsp3) is 0.467. The van der Waals surface area contributed by atoms with Gasteiger partial charge in [-0.2, -0.15) is 4.98 Å². The first-order valence-corrected chi connectivity index (χ1v) is 7.41. The Labute approximate surface area is 128 Å². The topological polar surface area (TPSA) is 62.4 Å². The van der Waals surface area contributed by atoms with Gasteiger partial charge in [-0.3, -0.25) is 4.90 Å². The molecule has 2 atom stereocenters. The Morgan fingerprint density at radius 1 is 1.43 bits per heavy atom. The van der Waals surface area contributed by atoms with E-state index in [1.807, 2.05) is 18.2 Å². The van der Waals surface area contributed by atoms with Gasteiger partial charge in [-0.05, 0) is 24.6 Å². The van der Waals surface area contributed by atoms with Crippen molar-refractivity contribution in [3.05, 3.63) is 46.6 Å². The van der Waals surface area contributed by atoms with Gasteiger partial charge in [0.1, 0.15) is 0 Å². The number of aliphatic hydroxyl groups excluding tert-OH is 1. The minimum Gasteiger partial charge on any atom is -0.396 e. The van der Waals surface area contributed by atoms with Gasteiger partial charge in [0.2, 0.25) is 5.89 Å². The number of aromatic nitrogens is 2. The highest BCUT2D eigenvalue weighted by atomic mass is 35.5. The third-order valence-corrected chi connectivity index (χ3v) is 4.14. The van der Waals surface area contributed by atoms with Crippen LogP contribution in [0.1, 0.15) is 23.2 Å². The highest BCUT2D eigenvalue weighted by Gasteiger charge is 2.36. The number of nitrogens with zero attached hydrogens (tertiary/aromatic N) is 3. The molecule has 0 aliphatic carbocycles. The summed E-state index contributed by atoms with van der Waals surface area (Å²) >= 11 is 6.02. The Morgan fingerprint density at radius 3 is 2.95 bits per heavy atom. The summed E-state index contributed by atoms with van der Waals surface area (Å²) in [5.41, 5.74) is 1.17. The summed E-state index contributed by atoms with van der Waals surface area (Å²) in [5, 5.41) is 14.2. The van der Waals surface area contributed by atoms with Crippen LogP contribution in [0.5, 0.6) is 0 Å². The number of hydrogen-bond acceptors (Lipinski definition) is 5. The normalized spacial score (nSPS) is 22.8. The largest absolute Gasteiger partial charge is 0.396 e. The fourth-order valence-corrected chi connectivity index (χ4v) is 3.12. The van der Waals surface area contributed by atoms with Gasteiger partial charge in [0.05, 0.1) is 5.92 Å². The number of rotatable bonds is 4. The first-order chi connectivity index (χ1) is 10.2. The molecule has 0 amide bonds. The van der Waals surface area contributed by atoms with Crippen molar-refractivity contribution in [3.8, 4) is 0 Å². The number of likely N-dealkylation sites (tertiary alicyclic amines) is 1. The number of aryl methyl sites for hydroxylation is 1. The highest BCUT2D eigenvalue weighted by molar-refractivity contribution is 6.30. The first-order valence-electron chi connectivity index (χ1n) is 7.03. The highest BCUT2D eigenvalue weighted by Crippen LogP contribution is 2.32. The maximum Gasteiger partial charge on any atom is 0.231 e. The number of benzene rings is 1. The van der Waals surface area contributed by atoms with Gasteiger partial charge in [-0.1, -0.05) is 28.9 Å². The van der Waals surface area contributed by atoms with Gasteiger partial charge in [0.25, 0.3) is 0 Å². The van der Waals surface area contributed by atoms with E-state index in [2.05, 4.69) is 21.1 Å². The zero-order valence-electron chi connectivity index (χ0n) is 11.9. The molecule has 1 fully saturated rings. The second kappa shape index (κ2) is 6.13. The SMILES string of the molecule is Cc1noc([C@@H]2CN(Cc3cccc(Cl)c3)C[C@H]2CO)n1. The van der Waals surface area contributed by atoms with Crippen molar-refractivity contribution in [1.82, 2.24) is 15.0 Å². The smallest absolute Gasteiger partial charge is 0.231 e. The summed E-state index contributed by atoms with van der Waals surface area (Å²) in [7, 11) is 0. The average molecular weight is 308 g/mol. The molecule has 1 aliphatic heterocycles. The molecule has 21 heavy (non-hydrogen) atoms. The molecule has 1 aromatic carbocycles. The molecule has 2 heterocycles. The molecule has 0 spiro atoms. The molecule has 0 bridgehead atoms. The summed E-state index contributed by atoms with van der Waals surface area (Å²) in [6, 6.07) is 7.86. The molecule has 1 aliphatic rings. The van der Waals surface area contributed by atoms with E-state index in [0.29, 0.717) is 11.7 Å². The van der Waals surface area contributed by atoms with Crippen molar-refractivity contribution < 1.29 is 9.63 Å². The summed E-state index contributed by atoms with van der Waals surface area (Å²) in [5.74, 6) is 1.48. The maximum absolute atomic E-state index is 9.59. The van der Waals surface area contributed by atoms with E-state index in [4.69, 9.17) is 16.1 Å². The van der Waals surface area contributed by atoms with Gasteiger partial charge >= 0.3 is 0 Å². The molecule has 0 radical (unpaired) electrons. The lowest BCUT2D eigenvalue weighted by Gasteiger charge is -2.15. The minimum atomic E-state index is 0.0929. The van der Waals surface area contributed by atoms with Gasteiger partial charge in [0.15, 0.2) is 5.82 Å². The zero-order chi connectivity index (χ0) is 14.8. The van der Waals surface area contributed by atoms with Gasteiger partial charge in [-0.15, -0.1) is 0 Å². The standard InChI is InChI=1S/C15H18ClN3O2/c1-10-17-15(21-18-10)14-8-19(7-12(14)9-20)6-11-3-2-4-13(16)5-11/h2-5,12,14,20H,6-9H2,1H3/t12-,14+/m0/s1. The van der Waals surface area contributed by atoms with Crippen LogP contribution in [0.2, 0.25) is 5.02 Å². The lowest BCUT2D eigenvalue weighted by atomic mass is 9.97. The molecule has 2 aromatic rings. The summed E-state index contributed by atoms with van der Waals surface area (Å²) in [6.07, 6.45) is 0. The van der Waals surface area contributed by atoms with Gasteiger partial charge in [0, 0.05) is 37.2 Å². The van der Waals surface area contributed by atoms with Crippen LogP contribution >= 0.6 is 11.6 Å². The molecule has 0 saturated carbocycles. The Bertz CT molecular complexity index is 616. The quantitative estimate of drug-likeness (QED) is 0.938. The van der Waals surface area contributed by atoms with E-state index in [1.54, 1.807) is 6.92 Å². The van der Waals surface area contributed by atoms with Crippen LogP contribution in [0.4, 0.5) is 0 Å². The summed E-state index contributed by atoms with van der Waals surface area (Å²) in [6.45, 7) is 4.35. The molecule has 6 heteroatoms. The van der Waals surface area contributed by atoms with Crippen LogP contribution in [0.15, 0.2) is 28.8 Å². The van der Waals surface area contributed by atoms with E-state index >= 15 is 0 Å². The lowest BCUT2D eigenvalue weighted by Crippen LogP contribution is -2.20. The van der Waals surface area contributed by atoms with Crippen LogP contribution in [0.3, 0.4) is 0 Å². The van der Waals surface area contributed by atoms with Gasteiger partial charge in [-0.25, -0.2) is 0 Å². The van der Waals surface area contributed by atoms with Crippen LogP contribution < -0.4 is 0 Å². The molecule has 1 N–H and O–H groups in total. The van der Waals surface area contributed by atoms with Crippen molar-refractivity contribution in [2.75, 3.05) is 19.7 Å². The third kappa shape index (κ3) is 3.26. The second-order valence-corrected chi connectivity index (χ2v) is 5.99. The molecule has 3 rings (SSSR count). The number of halogens is 1. The van der Waals surface area contributed by atoms with Crippen LogP contribution in [-0.2, 0) is 6.54 Å². The first kappa shape index (κ1) is 14.5. The van der Waals surface area contributed by atoms with Crippen molar-refractivity contribution in [2.24, 2.45) is 5.92 Å². The Morgan fingerprint density at radius 2 is 2.29 bits per heavy atom. The maximum atomic E-state index is 9.59. The second-order valence-electron chi connectivity index (χ2n) is 5.55. The van der Waals surface area contributed by atoms with Crippen LogP contribution in [0.25, 0.3) is 0 Å². The van der Waals surface area contributed by atoms with Crippen molar-refractivity contribution >= 4 is 11.6 Å². The molecule has 0 unspecified atom stereocenters. The minimum absolute atomic E-state index is 0.0929. The third-order valence-electron chi connectivity index (χ3n) is 3.91. The fourth-order valence-electron chi connectivity index (χ4n) is 2.91. The average Bonchev–Trinajstić information content (AvgIpc) is 3.05. The van der Waals surface area contributed by atoms with E-state index < -0.39 is 0 Å². The Balaban J connectivity index is 1.72. The number of aliphatic hydroxyl groups is 1. The molecule has 1 aromatic heterocycles. The lowest BCUT2D eigenvalue weighted by molar-refractivity contribution is 0.205. The predicted octanol–water partition coefficient (Wildman–Crippen LogP) is 2.24. The summed E-state index contributed by atoms with van der Waals surface area (Å²) in [4.78, 5) is 6.60. The predicted molar refractivity (Wildman–Crippen MR) is 79.1 cm³/mol. The van der Waals surface area contributed by atoms with Crippen LogP contribution in [-0.4, -0.2) is 39.8 Å². The molecular weight excluding hydrogens is 290 g/mol. The summed E-state index contributed by atoms with van der Waals surface area (Å²) < 4.78 is 5.28. The Hall–Kier alpha value is -1.43. The monoisotopic (exact) mass is 307 g/mol. The van der Waals surface area contributed by atoms with E-state index in [-0.39, 0.29) is 18.4 Å². The zero-order valence-corrected chi connectivity index (χ0v) is 12.6. The number of hydrogen-bond donors (Lipinski definition) is 1. The van der Waals surface area contributed by atoms with Crippen molar-refractivity contribution in [1.29, 1.82) is 0 Å². The molecular formula is C15H18ClN3O2. The van der Waals surface area contributed by atoms with E-state index in [1.165, 1.54) is 5.56 Å². The molecule has 112 valence electrons. The molecule has 1 saturated heterocycles. The molecule has 5 nitrogen and oxygen atoms in total. The van der Waals surface area contributed by atoms with E-state index in [0.717, 1.165) is 24.7 Å².